The van der Waals surface area contributed by atoms with Gasteiger partial charge in [0.15, 0.2) is 0 Å². The average molecular weight is 186 g/mol. The van der Waals surface area contributed by atoms with Crippen molar-refractivity contribution in [2.75, 3.05) is 26.8 Å². The highest BCUT2D eigenvalue weighted by molar-refractivity contribution is 4.83. The maximum absolute atomic E-state index is 5.70. The highest BCUT2D eigenvalue weighted by Crippen LogP contribution is 2.29. The minimum atomic E-state index is 0.547. The van der Waals surface area contributed by atoms with Crippen LogP contribution in [0.15, 0.2) is 0 Å². The molecule has 13 heavy (non-hydrogen) atoms. The predicted molar refractivity (Wildman–Crippen MR) is 54.7 cm³/mol. The quantitative estimate of drug-likeness (QED) is 0.577. The summed E-state index contributed by atoms with van der Waals surface area (Å²) in [6, 6.07) is 0.547. The maximum Gasteiger partial charge on any atom is 0.0474 e. The van der Waals surface area contributed by atoms with E-state index < -0.39 is 0 Å². The van der Waals surface area contributed by atoms with Crippen LogP contribution in [0.4, 0.5) is 0 Å². The van der Waals surface area contributed by atoms with Crippen LogP contribution in [0.2, 0.25) is 0 Å². The van der Waals surface area contributed by atoms with Gasteiger partial charge in [-0.2, -0.15) is 0 Å². The Morgan fingerprint density at radius 3 is 2.77 bits per heavy atom. The van der Waals surface area contributed by atoms with E-state index in [9.17, 15) is 0 Å². The van der Waals surface area contributed by atoms with Crippen molar-refractivity contribution < 1.29 is 4.74 Å². The number of rotatable bonds is 7. The smallest absolute Gasteiger partial charge is 0.0474 e. The fourth-order valence-electron chi connectivity index (χ4n) is 1.79. The van der Waals surface area contributed by atoms with Gasteiger partial charge < -0.3 is 15.8 Å². The molecule has 1 atom stereocenters. The number of nitrogens with one attached hydrogen (secondary N) is 1. The van der Waals surface area contributed by atoms with Gasteiger partial charge in [0.25, 0.3) is 0 Å². The number of hydrogen-bond donors (Lipinski definition) is 2. The van der Waals surface area contributed by atoms with E-state index in [0.29, 0.717) is 6.04 Å². The summed E-state index contributed by atoms with van der Waals surface area (Å²) in [6.07, 6.45) is 5.19. The third kappa shape index (κ3) is 3.63. The average Bonchev–Trinajstić information content (AvgIpc) is 2.07. The van der Waals surface area contributed by atoms with Crippen LogP contribution in [0.5, 0.6) is 0 Å². The zero-order chi connectivity index (χ0) is 9.52. The molecule has 1 aliphatic carbocycles. The molecular formula is C10H22N2O. The van der Waals surface area contributed by atoms with Gasteiger partial charge in [0, 0.05) is 26.3 Å². The molecule has 0 saturated heterocycles. The van der Waals surface area contributed by atoms with Gasteiger partial charge in [-0.3, -0.25) is 0 Å². The number of ether oxygens (including phenoxy) is 1. The fraction of sp³-hybridized carbons (Fsp3) is 1.00. The first-order chi connectivity index (χ1) is 6.38. The van der Waals surface area contributed by atoms with E-state index in [0.717, 1.165) is 32.0 Å². The summed E-state index contributed by atoms with van der Waals surface area (Å²) in [5.41, 5.74) is 5.70. The van der Waals surface area contributed by atoms with Crippen molar-refractivity contribution in [2.45, 2.75) is 31.7 Å². The molecule has 3 heteroatoms. The monoisotopic (exact) mass is 186 g/mol. The minimum absolute atomic E-state index is 0.547. The van der Waals surface area contributed by atoms with Gasteiger partial charge in [-0.15, -0.1) is 0 Å². The van der Waals surface area contributed by atoms with Gasteiger partial charge in [-0.25, -0.2) is 0 Å². The van der Waals surface area contributed by atoms with E-state index in [2.05, 4.69) is 5.32 Å². The fourth-order valence-corrected chi connectivity index (χ4v) is 1.79. The van der Waals surface area contributed by atoms with Crippen LogP contribution in [-0.2, 0) is 4.74 Å². The molecule has 0 aliphatic heterocycles. The summed E-state index contributed by atoms with van der Waals surface area (Å²) in [6.45, 7) is 2.65. The van der Waals surface area contributed by atoms with Gasteiger partial charge in [-0.05, 0) is 31.7 Å². The lowest BCUT2D eigenvalue weighted by Gasteiger charge is -2.33. The lowest BCUT2D eigenvalue weighted by molar-refractivity contribution is 0.185. The maximum atomic E-state index is 5.70. The molecule has 0 aromatic carbocycles. The summed E-state index contributed by atoms with van der Waals surface area (Å²) in [5.74, 6) is 0.840. The lowest BCUT2D eigenvalue weighted by Crippen LogP contribution is -2.45. The number of methoxy groups -OCH3 is 1. The summed E-state index contributed by atoms with van der Waals surface area (Å²) in [5, 5.41) is 3.50. The zero-order valence-corrected chi connectivity index (χ0v) is 8.59. The highest BCUT2D eigenvalue weighted by Gasteiger charge is 2.25. The highest BCUT2D eigenvalue weighted by atomic mass is 16.5. The van der Waals surface area contributed by atoms with E-state index in [4.69, 9.17) is 10.5 Å². The van der Waals surface area contributed by atoms with Gasteiger partial charge >= 0.3 is 0 Å². The Morgan fingerprint density at radius 2 is 2.31 bits per heavy atom. The van der Waals surface area contributed by atoms with Crippen LogP contribution in [0.25, 0.3) is 0 Å². The van der Waals surface area contributed by atoms with E-state index >= 15 is 0 Å². The third-order valence-electron chi connectivity index (χ3n) is 2.90. The van der Waals surface area contributed by atoms with Crippen molar-refractivity contribution in [1.82, 2.24) is 5.32 Å². The second-order valence-electron chi connectivity index (χ2n) is 3.83. The van der Waals surface area contributed by atoms with E-state index in [1.54, 1.807) is 7.11 Å². The molecule has 0 bridgehead atoms. The lowest BCUT2D eigenvalue weighted by atomic mass is 9.79. The second kappa shape index (κ2) is 6.35. The molecule has 78 valence electrons. The Balaban J connectivity index is 2.02. The molecule has 1 saturated carbocycles. The van der Waals surface area contributed by atoms with Gasteiger partial charge in [-0.1, -0.05) is 6.42 Å². The zero-order valence-electron chi connectivity index (χ0n) is 8.59. The molecule has 3 N–H and O–H groups in total. The van der Waals surface area contributed by atoms with E-state index in [1.807, 2.05) is 0 Å². The van der Waals surface area contributed by atoms with Crippen LogP contribution in [0, 0.1) is 5.92 Å². The molecule has 0 spiro atoms. The standard InChI is InChI=1S/C10H22N2O/c1-13-7-3-6-12-10(8-11)9-4-2-5-9/h9-10,12H,2-8,11H2,1H3. The SMILES string of the molecule is COCCCNC(CN)C1CCC1. The first kappa shape index (κ1) is 11.0. The van der Waals surface area contributed by atoms with Crippen molar-refractivity contribution in [3.63, 3.8) is 0 Å². The normalized spacial score (nSPS) is 19.8. The van der Waals surface area contributed by atoms with Crippen molar-refractivity contribution in [3.05, 3.63) is 0 Å². The Bertz CT molecular complexity index is 126. The van der Waals surface area contributed by atoms with Crippen LogP contribution >= 0.6 is 0 Å². The molecule has 1 unspecified atom stereocenters. The van der Waals surface area contributed by atoms with E-state index in [-0.39, 0.29) is 0 Å². The van der Waals surface area contributed by atoms with Gasteiger partial charge in [0.2, 0.25) is 0 Å². The molecule has 3 nitrogen and oxygen atoms in total. The van der Waals surface area contributed by atoms with Crippen LogP contribution in [-0.4, -0.2) is 32.8 Å². The first-order valence-electron chi connectivity index (χ1n) is 5.31. The number of nitrogens with two attached hydrogens (primary N) is 1. The van der Waals surface area contributed by atoms with Crippen LogP contribution in [0.1, 0.15) is 25.7 Å². The molecule has 1 fully saturated rings. The predicted octanol–water partition coefficient (Wildman–Crippen LogP) is 0.740. The molecule has 0 aromatic rings. The van der Waals surface area contributed by atoms with Crippen LogP contribution in [0.3, 0.4) is 0 Å². The molecule has 0 amide bonds. The summed E-state index contributed by atoms with van der Waals surface area (Å²) < 4.78 is 4.99. The minimum Gasteiger partial charge on any atom is -0.385 e. The summed E-state index contributed by atoms with van der Waals surface area (Å²) >= 11 is 0. The van der Waals surface area contributed by atoms with Crippen molar-refractivity contribution in [1.29, 1.82) is 0 Å². The first-order valence-corrected chi connectivity index (χ1v) is 5.31. The Hall–Kier alpha value is -0.120. The largest absolute Gasteiger partial charge is 0.385 e. The summed E-state index contributed by atoms with van der Waals surface area (Å²) in [4.78, 5) is 0. The molecule has 0 aromatic heterocycles. The van der Waals surface area contributed by atoms with Crippen molar-refractivity contribution >= 4 is 0 Å². The second-order valence-corrected chi connectivity index (χ2v) is 3.83. The Labute approximate surface area is 81.0 Å². The molecule has 0 heterocycles. The van der Waals surface area contributed by atoms with Crippen molar-refractivity contribution in [2.24, 2.45) is 11.7 Å². The van der Waals surface area contributed by atoms with Crippen molar-refractivity contribution in [3.8, 4) is 0 Å². The van der Waals surface area contributed by atoms with E-state index in [1.165, 1.54) is 19.3 Å². The third-order valence-corrected chi connectivity index (χ3v) is 2.90. The topological polar surface area (TPSA) is 47.3 Å². The Morgan fingerprint density at radius 1 is 1.54 bits per heavy atom. The van der Waals surface area contributed by atoms with Crippen LogP contribution < -0.4 is 11.1 Å². The van der Waals surface area contributed by atoms with Gasteiger partial charge in [0.05, 0.1) is 0 Å². The molecular weight excluding hydrogens is 164 g/mol. The molecule has 1 rings (SSSR count). The molecule has 1 aliphatic rings. The summed E-state index contributed by atoms with van der Waals surface area (Å²) in [7, 11) is 1.74. The molecule has 0 radical (unpaired) electrons. The number of hydrogen-bond acceptors (Lipinski definition) is 3. The Kier molecular flexibility index (Phi) is 5.35. The van der Waals surface area contributed by atoms with Gasteiger partial charge in [0.1, 0.15) is 0 Å².